The minimum atomic E-state index is -0.349. The largest absolute Gasteiger partial charge is 0.276 e. The zero-order valence-electron chi connectivity index (χ0n) is 11.7. The second-order valence-electron chi connectivity index (χ2n) is 6.10. The number of nitrogens with zero attached hydrogens (tertiary/aromatic N) is 2. The molecule has 0 amide bonds. The maximum absolute atomic E-state index is 11.6. The van der Waals surface area contributed by atoms with Gasteiger partial charge in [-0.2, -0.15) is 0 Å². The fourth-order valence-corrected chi connectivity index (χ4v) is 3.60. The van der Waals surface area contributed by atoms with Crippen molar-refractivity contribution in [3.05, 3.63) is 4.91 Å². The van der Waals surface area contributed by atoms with Crippen LogP contribution >= 0.6 is 0 Å². The summed E-state index contributed by atoms with van der Waals surface area (Å²) in [5.74, 6) is 0. The van der Waals surface area contributed by atoms with Gasteiger partial charge < -0.3 is 0 Å². The van der Waals surface area contributed by atoms with E-state index >= 15 is 0 Å². The molecule has 0 N–H and O–H groups in total. The number of hydrogen-bond acceptors (Lipinski definition) is 3. The molecule has 3 nitrogen and oxygen atoms in total. The smallest absolute Gasteiger partial charge is 0.155 e. The molecule has 1 aliphatic carbocycles. The Labute approximate surface area is 111 Å². The number of hydrogen-bond donors (Lipinski definition) is 0. The van der Waals surface area contributed by atoms with Gasteiger partial charge in [-0.1, -0.05) is 38.5 Å². The van der Waals surface area contributed by atoms with Gasteiger partial charge in [0.15, 0.2) is 5.66 Å². The van der Waals surface area contributed by atoms with Gasteiger partial charge in [-0.05, 0) is 43.7 Å². The van der Waals surface area contributed by atoms with Crippen LogP contribution in [0.4, 0.5) is 0 Å². The summed E-state index contributed by atoms with van der Waals surface area (Å²) in [4.78, 5) is 14.0. The minimum Gasteiger partial charge on any atom is -0.276 e. The molecule has 0 aromatic carbocycles. The van der Waals surface area contributed by atoms with Crippen molar-refractivity contribution in [3.8, 4) is 0 Å². The quantitative estimate of drug-likeness (QED) is 0.680. The lowest BCUT2D eigenvalue weighted by Gasteiger charge is -2.40. The highest BCUT2D eigenvalue weighted by atomic mass is 16.3. The molecule has 0 radical (unpaired) electrons. The fraction of sp³-hybridized carbons (Fsp3) is 1.00. The Hall–Kier alpha value is -0.440. The van der Waals surface area contributed by atoms with Crippen LogP contribution in [0.3, 0.4) is 0 Å². The van der Waals surface area contributed by atoms with Crippen LogP contribution in [-0.4, -0.2) is 23.7 Å². The van der Waals surface area contributed by atoms with Crippen molar-refractivity contribution >= 4 is 0 Å². The molecule has 0 spiro atoms. The monoisotopic (exact) mass is 252 g/mol. The van der Waals surface area contributed by atoms with Gasteiger partial charge in [0.25, 0.3) is 0 Å². The Kier molecular flexibility index (Phi) is 5.61. The topological polar surface area (TPSA) is 32.7 Å². The molecule has 0 bridgehead atoms. The summed E-state index contributed by atoms with van der Waals surface area (Å²) in [6.45, 7) is 2.18. The van der Waals surface area contributed by atoms with Gasteiger partial charge in [0.2, 0.25) is 0 Å². The van der Waals surface area contributed by atoms with Crippen LogP contribution in [0.1, 0.15) is 77.0 Å². The van der Waals surface area contributed by atoms with E-state index in [0.717, 1.165) is 25.9 Å². The van der Waals surface area contributed by atoms with E-state index in [9.17, 15) is 4.91 Å². The van der Waals surface area contributed by atoms with Crippen molar-refractivity contribution in [1.29, 1.82) is 0 Å². The van der Waals surface area contributed by atoms with E-state index in [1.54, 1.807) is 0 Å². The third kappa shape index (κ3) is 3.53. The molecule has 1 heterocycles. The van der Waals surface area contributed by atoms with Gasteiger partial charge in [0.05, 0.1) is 0 Å². The molecular weight excluding hydrogens is 224 g/mol. The minimum absolute atomic E-state index is 0.349. The van der Waals surface area contributed by atoms with E-state index in [1.807, 2.05) is 0 Å². The highest BCUT2D eigenvalue weighted by molar-refractivity contribution is 4.89. The Morgan fingerprint density at radius 3 is 1.61 bits per heavy atom. The maximum atomic E-state index is 11.6. The van der Waals surface area contributed by atoms with E-state index in [1.165, 1.54) is 64.2 Å². The van der Waals surface area contributed by atoms with Crippen molar-refractivity contribution in [2.45, 2.75) is 82.7 Å². The predicted molar refractivity (Wildman–Crippen MR) is 75.5 cm³/mol. The number of likely N-dealkylation sites (tertiary alicyclic amines) is 1. The highest BCUT2D eigenvalue weighted by Crippen LogP contribution is 2.34. The summed E-state index contributed by atoms with van der Waals surface area (Å²) in [5, 5.41) is 3.65. The molecule has 18 heavy (non-hydrogen) atoms. The molecular formula is C15H28N2O. The number of rotatable bonds is 2. The van der Waals surface area contributed by atoms with E-state index in [-0.39, 0.29) is 5.66 Å². The predicted octanol–water partition coefficient (Wildman–Crippen LogP) is 4.46. The van der Waals surface area contributed by atoms with Gasteiger partial charge in [0.1, 0.15) is 0 Å². The first-order valence-electron chi connectivity index (χ1n) is 7.97. The Morgan fingerprint density at radius 2 is 1.11 bits per heavy atom. The van der Waals surface area contributed by atoms with Crippen LogP contribution in [0.25, 0.3) is 0 Å². The molecule has 0 aromatic heterocycles. The van der Waals surface area contributed by atoms with Crippen molar-refractivity contribution in [1.82, 2.24) is 4.90 Å². The van der Waals surface area contributed by atoms with Crippen LogP contribution in [0.2, 0.25) is 0 Å². The molecule has 0 aromatic rings. The molecule has 2 rings (SSSR count). The molecule has 0 atom stereocenters. The Bertz CT molecular complexity index is 239. The molecule has 3 heteroatoms. The Morgan fingerprint density at radius 1 is 0.667 bits per heavy atom. The second-order valence-corrected chi connectivity index (χ2v) is 6.10. The molecule has 1 saturated heterocycles. The average Bonchev–Trinajstić information content (AvgIpc) is 2.30. The van der Waals surface area contributed by atoms with Gasteiger partial charge in [-0.3, -0.25) is 4.90 Å². The zero-order chi connectivity index (χ0) is 12.7. The van der Waals surface area contributed by atoms with E-state index in [4.69, 9.17) is 0 Å². The second kappa shape index (κ2) is 7.22. The molecule has 2 aliphatic rings. The standard InChI is InChI=1S/C15H28N2O/c18-16-15(11-7-3-1-4-8-12-15)17-13-9-5-2-6-10-14-17/h1-14H2. The summed E-state index contributed by atoms with van der Waals surface area (Å²) in [7, 11) is 0. The van der Waals surface area contributed by atoms with Crippen molar-refractivity contribution in [2.24, 2.45) is 5.18 Å². The lowest BCUT2D eigenvalue weighted by Crippen LogP contribution is -2.48. The van der Waals surface area contributed by atoms with E-state index < -0.39 is 0 Å². The SMILES string of the molecule is O=NC1(N2CCCCCCC2)CCCCCCC1. The normalized spacial score (nSPS) is 27.6. The highest BCUT2D eigenvalue weighted by Gasteiger charge is 2.37. The summed E-state index contributed by atoms with van der Waals surface area (Å²) in [6, 6.07) is 0. The Balaban J connectivity index is 2.03. The summed E-state index contributed by atoms with van der Waals surface area (Å²) >= 11 is 0. The summed E-state index contributed by atoms with van der Waals surface area (Å²) < 4.78 is 0. The van der Waals surface area contributed by atoms with Crippen molar-refractivity contribution in [3.63, 3.8) is 0 Å². The van der Waals surface area contributed by atoms with Gasteiger partial charge in [0, 0.05) is 13.1 Å². The summed E-state index contributed by atoms with van der Waals surface area (Å²) in [5.41, 5.74) is -0.349. The first kappa shape index (κ1) is 14.0. The van der Waals surface area contributed by atoms with E-state index in [0.29, 0.717) is 0 Å². The van der Waals surface area contributed by atoms with Crippen LogP contribution in [0, 0.1) is 4.91 Å². The first-order chi connectivity index (χ1) is 8.87. The van der Waals surface area contributed by atoms with Crippen LogP contribution in [0.15, 0.2) is 5.18 Å². The molecule has 104 valence electrons. The number of nitroso groups, excluding NO2 is 1. The summed E-state index contributed by atoms with van der Waals surface area (Å²) in [6.07, 6.45) is 14.8. The van der Waals surface area contributed by atoms with Gasteiger partial charge in [-0.15, -0.1) is 4.91 Å². The van der Waals surface area contributed by atoms with Crippen molar-refractivity contribution in [2.75, 3.05) is 13.1 Å². The van der Waals surface area contributed by atoms with Crippen LogP contribution in [-0.2, 0) is 0 Å². The van der Waals surface area contributed by atoms with Crippen LogP contribution < -0.4 is 0 Å². The molecule has 1 saturated carbocycles. The van der Waals surface area contributed by atoms with Gasteiger partial charge >= 0.3 is 0 Å². The third-order valence-electron chi connectivity index (χ3n) is 4.77. The lowest BCUT2D eigenvalue weighted by molar-refractivity contribution is 0.0577. The zero-order valence-corrected chi connectivity index (χ0v) is 11.7. The van der Waals surface area contributed by atoms with Crippen molar-refractivity contribution < 1.29 is 0 Å². The van der Waals surface area contributed by atoms with E-state index in [2.05, 4.69) is 10.1 Å². The third-order valence-corrected chi connectivity index (χ3v) is 4.77. The fourth-order valence-electron chi connectivity index (χ4n) is 3.60. The van der Waals surface area contributed by atoms with Gasteiger partial charge in [-0.25, -0.2) is 0 Å². The maximum Gasteiger partial charge on any atom is 0.155 e. The molecule has 0 unspecified atom stereocenters. The average molecular weight is 252 g/mol. The van der Waals surface area contributed by atoms with Crippen LogP contribution in [0.5, 0.6) is 0 Å². The first-order valence-corrected chi connectivity index (χ1v) is 7.97. The molecule has 1 aliphatic heterocycles. The lowest BCUT2D eigenvalue weighted by atomic mass is 9.89. The molecule has 2 fully saturated rings.